The molecule has 0 spiro atoms. The maximum Gasteiger partial charge on any atom is 0.442 e. The van der Waals surface area contributed by atoms with Crippen LogP contribution >= 0.6 is 0 Å². The number of nitrogens with zero attached hydrogens (tertiary/aromatic N) is 4. The normalized spacial score (nSPS) is 12.7. The van der Waals surface area contributed by atoms with Crippen molar-refractivity contribution in [1.82, 2.24) is 19.9 Å². The van der Waals surface area contributed by atoms with Crippen molar-refractivity contribution in [3.63, 3.8) is 0 Å². The molecule has 238 valence electrons. The van der Waals surface area contributed by atoms with E-state index in [9.17, 15) is 18.2 Å². The lowest BCUT2D eigenvalue weighted by atomic mass is 10.1. The van der Waals surface area contributed by atoms with Crippen LogP contribution in [0.25, 0.3) is 16.8 Å². The lowest BCUT2D eigenvalue weighted by Gasteiger charge is -2.17. The highest BCUT2D eigenvalue weighted by molar-refractivity contribution is 7.93. The summed E-state index contributed by atoms with van der Waals surface area (Å²) in [5.41, 5.74) is 3.37. The first-order chi connectivity index (χ1) is 21.8. The van der Waals surface area contributed by atoms with Gasteiger partial charge in [-0.05, 0) is 86.5 Å². The quantitative estimate of drug-likeness (QED) is 0.193. The molecule has 5 aromatic rings. The smallest absolute Gasteiger partial charge is 0.442 e. The van der Waals surface area contributed by atoms with Crippen molar-refractivity contribution in [1.29, 1.82) is 0 Å². The van der Waals surface area contributed by atoms with Gasteiger partial charge in [-0.15, -0.1) is 9.46 Å². The zero-order valence-electron chi connectivity index (χ0n) is 25.9. The van der Waals surface area contributed by atoms with E-state index >= 15 is 0 Å². The molecule has 0 aliphatic carbocycles. The van der Waals surface area contributed by atoms with Crippen molar-refractivity contribution in [2.45, 2.75) is 37.8 Å². The molecule has 0 fully saturated rings. The zero-order valence-corrected chi connectivity index (χ0v) is 26.7. The largest absolute Gasteiger partial charge is 0.495 e. The zero-order chi connectivity index (χ0) is 33.1. The summed E-state index contributed by atoms with van der Waals surface area (Å²) in [5, 5.41) is 10.5. The van der Waals surface area contributed by atoms with Crippen LogP contribution in [0.4, 0.5) is 20.8 Å². The van der Waals surface area contributed by atoms with Gasteiger partial charge in [0.25, 0.3) is 5.91 Å². The van der Waals surface area contributed by atoms with Crippen molar-refractivity contribution in [3.8, 4) is 16.9 Å². The molecule has 0 radical (unpaired) electrons. The fraction of sp³-hybridized carbons (Fsp3) is 0.212. The van der Waals surface area contributed by atoms with Gasteiger partial charge in [-0.25, -0.2) is 17.9 Å². The summed E-state index contributed by atoms with van der Waals surface area (Å²) < 4.78 is 42.4. The number of amides is 2. The number of anilines is 2. The first-order valence-corrected chi connectivity index (χ1v) is 16.1. The fourth-order valence-electron chi connectivity index (χ4n) is 4.41. The molecule has 0 aliphatic heterocycles. The summed E-state index contributed by atoms with van der Waals surface area (Å²) in [6.45, 7) is 5.40. The van der Waals surface area contributed by atoms with Crippen LogP contribution in [0.15, 0.2) is 94.3 Å². The van der Waals surface area contributed by atoms with E-state index in [4.69, 9.17) is 9.47 Å². The second kappa shape index (κ2) is 13.0. The Hall–Kier alpha value is -5.30. The molecule has 1 unspecified atom stereocenters. The minimum absolute atomic E-state index is 0.236. The number of carbonyl (C=O) groups is 2. The van der Waals surface area contributed by atoms with Gasteiger partial charge in [-0.1, -0.05) is 24.3 Å². The third-order valence-corrected chi connectivity index (χ3v) is 8.30. The number of benzene rings is 3. The minimum Gasteiger partial charge on any atom is -0.495 e. The Balaban J connectivity index is 1.29. The minimum atomic E-state index is -3.11. The van der Waals surface area contributed by atoms with E-state index in [1.54, 1.807) is 67.8 Å². The predicted molar refractivity (Wildman–Crippen MR) is 173 cm³/mol. The Bertz CT molecular complexity index is 2030. The van der Waals surface area contributed by atoms with E-state index in [1.165, 1.54) is 25.5 Å². The monoisotopic (exact) mass is 644 g/mol. The van der Waals surface area contributed by atoms with Crippen molar-refractivity contribution < 1.29 is 27.7 Å². The molecule has 1 atom stereocenters. The van der Waals surface area contributed by atoms with Crippen molar-refractivity contribution in [3.05, 3.63) is 102 Å². The number of fused-ring (bicyclic) bond motifs is 1. The maximum atomic E-state index is 13.2. The fourth-order valence-corrected chi connectivity index (χ4v) is 5.49. The number of rotatable bonds is 8. The molecule has 2 amide bonds. The van der Waals surface area contributed by atoms with Gasteiger partial charge in [0.1, 0.15) is 17.2 Å². The van der Waals surface area contributed by atoms with Gasteiger partial charge in [-0.3, -0.25) is 4.79 Å². The summed E-state index contributed by atoms with van der Waals surface area (Å²) >= 11 is 0. The summed E-state index contributed by atoms with van der Waals surface area (Å²) in [5.74, 6) is 0.0917. The van der Waals surface area contributed by atoms with Crippen molar-refractivity contribution in [2.24, 2.45) is 4.36 Å². The van der Waals surface area contributed by atoms with Crippen molar-refractivity contribution in [2.75, 3.05) is 18.7 Å². The van der Waals surface area contributed by atoms with Crippen LogP contribution in [0.3, 0.4) is 0 Å². The van der Waals surface area contributed by atoms with Gasteiger partial charge in [0.2, 0.25) is 5.95 Å². The Labute approximate surface area is 266 Å². The molecule has 11 nitrogen and oxygen atoms in total. The molecule has 0 saturated heterocycles. The number of methoxy groups -OCH3 is 1. The molecule has 3 aromatic carbocycles. The standard InChI is InChI=1S/C33H33FN6O5S/c1-33(2,3)45-32(42)39-46(5,43)26-15-16-27(28(18-26)44-4)36-31-37-29-17-12-24(20-40(29)38-31)22-8-10-23(11-9-22)30(41)35-19-21-6-13-25(34)14-7-21/h6-18,20H,19H2,1-5H3,(H,35,41)(H,36,38). The first-order valence-electron chi connectivity index (χ1n) is 14.2. The summed E-state index contributed by atoms with van der Waals surface area (Å²) in [4.78, 5) is 29.6. The number of ether oxygens (including phenoxy) is 2. The molecule has 13 heteroatoms. The number of pyridine rings is 1. The Morgan fingerprint density at radius 1 is 0.978 bits per heavy atom. The number of halogens is 1. The Morgan fingerprint density at radius 3 is 2.35 bits per heavy atom. The van der Waals surface area contributed by atoms with Gasteiger partial charge in [0.15, 0.2) is 5.65 Å². The lowest BCUT2D eigenvalue weighted by molar-refractivity contribution is 0.0607. The topological polar surface area (TPSA) is 136 Å². The van der Waals surface area contributed by atoms with Crippen LogP contribution in [0, 0.1) is 5.82 Å². The number of aromatic nitrogens is 3. The highest BCUT2D eigenvalue weighted by atomic mass is 32.2. The highest BCUT2D eigenvalue weighted by Crippen LogP contribution is 2.31. The number of carbonyl (C=O) groups excluding carboxylic acids is 2. The Kier molecular flexibility index (Phi) is 9.05. The molecule has 46 heavy (non-hydrogen) atoms. The third-order valence-electron chi connectivity index (χ3n) is 6.68. The predicted octanol–water partition coefficient (Wildman–Crippen LogP) is 6.61. The van der Waals surface area contributed by atoms with E-state index in [2.05, 4.69) is 25.1 Å². The van der Waals surface area contributed by atoms with Crippen LogP contribution in [-0.2, 0) is 21.0 Å². The van der Waals surface area contributed by atoms with Gasteiger partial charge in [0, 0.05) is 30.1 Å². The van der Waals surface area contributed by atoms with Gasteiger partial charge in [-0.2, -0.15) is 4.98 Å². The highest BCUT2D eigenvalue weighted by Gasteiger charge is 2.19. The molecular weight excluding hydrogens is 611 g/mol. The third kappa shape index (κ3) is 7.85. The first kappa shape index (κ1) is 32.1. The molecule has 0 saturated carbocycles. The van der Waals surface area contributed by atoms with E-state index in [-0.39, 0.29) is 11.7 Å². The van der Waals surface area contributed by atoms with E-state index in [0.717, 1.165) is 16.7 Å². The summed E-state index contributed by atoms with van der Waals surface area (Å²) in [7, 11) is -1.64. The van der Waals surface area contributed by atoms with Gasteiger partial charge >= 0.3 is 6.09 Å². The number of nitrogens with one attached hydrogen (secondary N) is 2. The summed E-state index contributed by atoms with van der Waals surface area (Å²) in [6, 6.07) is 21.6. The molecule has 2 aromatic heterocycles. The molecule has 5 rings (SSSR count). The molecule has 0 aliphatic rings. The second-order valence-corrected chi connectivity index (χ2v) is 13.7. The SMILES string of the molecule is COc1cc(S(C)(=O)=NC(=O)OC(C)(C)C)ccc1Nc1nc2ccc(-c3ccc(C(=O)NCc4ccc(F)cc4)cc3)cn2n1. The van der Waals surface area contributed by atoms with E-state index in [0.29, 0.717) is 40.0 Å². The number of hydrogen-bond donors (Lipinski definition) is 2. The lowest BCUT2D eigenvalue weighted by Crippen LogP contribution is -2.22. The van der Waals surface area contributed by atoms with Crippen LogP contribution in [0.2, 0.25) is 0 Å². The van der Waals surface area contributed by atoms with E-state index < -0.39 is 21.4 Å². The average Bonchev–Trinajstić information content (AvgIpc) is 3.41. The average molecular weight is 645 g/mol. The van der Waals surface area contributed by atoms with E-state index in [1.807, 2.05) is 30.5 Å². The van der Waals surface area contributed by atoms with Crippen LogP contribution in [0.5, 0.6) is 5.75 Å². The van der Waals surface area contributed by atoms with Crippen molar-refractivity contribution >= 4 is 39.0 Å². The van der Waals surface area contributed by atoms with Gasteiger partial charge < -0.3 is 20.1 Å². The molecule has 2 N–H and O–H groups in total. The molecule has 2 heterocycles. The van der Waals surface area contributed by atoms with Crippen LogP contribution in [0.1, 0.15) is 36.7 Å². The maximum absolute atomic E-state index is 13.2. The molecular formula is C33H33FN6O5S. The second-order valence-electron chi connectivity index (χ2n) is 11.4. The van der Waals surface area contributed by atoms with Crippen LogP contribution < -0.4 is 15.4 Å². The number of hydrogen-bond acceptors (Lipinski definition) is 8. The Morgan fingerprint density at radius 2 is 1.67 bits per heavy atom. The van der Waals surface area contributed by atoms with Gasteiger partial charge in [0.05, 0.1) is 27.4 Å². The van der Waals surface area contributed by atoms with Crippen LogP contribution in [-0.4, -0.2) is 49.8 Å². The summed E-state index contributed by atoms with van der Waals surface area (Å²) in [6.07, 6.45) is 2.27. The molecule has 0 bridgehead atoms.